The van der Waals surface area contributed by atoms with Crippen LogP contribution in [0.15, 0.2) is 16.3 Å². The maximum Gasteiger partial charge on any atom is 0.243 e. The second kappa shape index (κ2) is 4.33. The Morgan fingerprint density at radius 3 is 2.73 bits per heavy atom. The van der Waals surface area contributed by atoms with E-state index < -0.39 is 10.0 Å². The number of sulfonamides is 1. The Kier molecular flexibility index (Phi) is 3.42. The van der Waals surface area contributed by atoms with Gasteiger partial charge in [-0.25, -0.2) is 8.42 Å². The molecule has 0 saturated carbocycles. The molecule has 0 atom stereocenters. The van der Waals surface area contributed by atoms with E-state index in [1.54, 1.807) is 5.38 Å². The molecule has 15 heavy (non-hydrogen) atoms. The lowest BCUT2D eigenvalue weighted by Crippen LogP contribution is -2.50. The van der Waals surface area contributed by atoms with Gasteiger partial charge in [0.25, 0.3) is 0 Å². The number of alkyl halides is 1. The summed E-state index contributed by atoms with van der Waals surface area (Å²) in [7, 11) is -3.29. The third kappa shape index (κ3) is 2.24. The van der Waals surface area contributed by atoms with E-state index in [2.05, 4.69) is 15.9 Å². The largest absolute Gasteiger partial charge is 0.243 e. The molecule has 0 aromatic carbocycles. The highest BCUT2D eigenvalue weighted by molar-refractivity contribution is 9.09. The van der Waals surface area contributed by atoms with Crippen LogP contribution in [-0.4, -0.2) is 31.1 Å². The molecule has 1 aliphatic heterocycles. The van der Waals surface area contributed by atoms with Crippen molar-refractivity contribution in [1.29, 1.82) is 0 Å². The molecule has 2 heterocycles. The van der Waals surface area contributed by atoms with Crippen LogP contribution in [0.5, 0.6) is 0 Å². The highest BCUT2D eigenvalue weighted by atomic mass is 79.9. The number of hydrogen-bond acceptors (Lipinski definition) is 3. The van der Waals surface area contributed by atoms with E-state index >= 15 is 0 Å². The molecule has 1 fully saturated rings. The molecule has 1 saturated heterocycles. The summed E-state index contributed by atoms with van der Waals surface area (Å²) in [6.07, 6.45) is 0. The second-order valence-electron chi connectivity index (χ2n) is 3.43. The average Bonchev–Trinajstić information content (AvgIpc) is 2.50. The van der Waals surface area contributed by atoms with Gasteiger partial charge in [-0.15, -0.1) is 11.3 Å². The standard InChI is InChI=1S/C8H9BrClNO2S2/c9-2-6-3-11(4-6)15(12,13)7-1-8(10)14-5-7/h1,5-6H,2-4H2. The van der Waals surface area contributed by atoms with Crippen molar-refractivity contribution in [1.82, 2.24) is 4.31 Å². The monoisotopic (exact) mass is 329 g/mol. The van der Waals surface area contributed by atoms with Crippen LogP contribution in [0.3, 0.4) is 0 Å². The first-order chi connectivity index (χ1) is 7.04. The van der Waals surface area contributed by atoms with Crippen molar-refractivity contribution in [2.75, 3.05) is 18.4 Å². The maximum atomic E-state index is 11.9. The molecule has 0 unspecified atom stereocenters. The lowest BCUT2D eigenvalue weighted by Gasteiger charge is -2.36. The molecule has 0 amide bonds. The number of halogens is 2. The van der Waals surface area contributed by atoms with Crippen molar-refractivity contribution in [2.45, 2.75) is 4.90 Å². The third-order valence-corrected chi connectivity index (χ3v) is 6.29. The third-order valence-electron chi connectivity index (χ3n) is 2.32. The predicted molar refractivity (Wildman–Crippen MR) is 65.4 cm³/mol. The van der Waals surface area contributed by atoms with E-state index in [4.69, 9.17) is 11.6 Å². The quantitative estimate of drug-likeness (QED) is 0.798. The smallest absolute Gasteiger partial charge is 0.207 e. The van der Waals surface area contributed by atoms with Crippen molar-refractivity contribution in [3.63, 3.8) is 0 Å². The van der Waals surface area contributed by atoms with Gasteiger partial charge in [0.1, 0.15) is 0 Å². The molecule has 3 nitrogen and oxygen atoms in total. The topological polar surface area (TPSA) is 37.4 Å². The predicted octanol–water partition coefficient (Wildman–Crippen LogP) is 2.42. The van der Waals surface area contributed by atoms with Crippen LogP contribution in [0, 0.1) is 5.92 Å². The zero-order chi connectivity index (χ0) is 11.1. The van der Waals surface area contributed by atoms with Crippen molar-refractivity contribution in [3.05, 3.63) is 15.8 Å². The minimum absolute atomic E-state index is 0.311. The van der Waals surface area contributed by atoms with Crippen molar-refractivity contribution >= 4 is 48.9 Å². The van der Waals surface area contributed by atoms with Crippen molar-refractivity contribution in [3.8, 4) is 0 Å². The SMILES string of the molecule is O=S(=O)(c1csc(Cl)c1)N1CC(CBr)C1. The first-order valence-electron chi connectivity index (χ1n) is 4.34. The summed E-state index contributed by atoms with van der Waals surface area (Å²) in [4.78, 5) is 0.311. The Morgan fingerprint density at radius 2 is 2.27 bits per heavy atom. The van der Waals surface area contributed by atoms with Crippen LogP contribution >= 0.6 is 38.9 Å². The molecular formula is C8H9BrClNO2S2. The number of rotatable bonds is 3. The minimum Gasteiger partial charge on any atom is -0.207 e. The fraction of sp³-hybridized carbons (Fsp3) is 0.500. The van der Waals surface area contributed by atoms with Crippen molar-refractivity contribution < 1.29 is 8.42 Å². The minimum atomic E-state index is -3.29. The normalized spacial score (nSPS) is 19.1. The van der Waals surface area contributed by atoms with E-state index in [0.29, 0.717) is 28.2 Å². The number of hydrogen-bond donors (Lipinski definition) is 0. The first kappa shape index (κ1) is 11.9. The zero-order valence-electron chi connectivity index (χ0n) is 7.69. The molecule has 1 aliphatic rings. The van der Waals surface area contributed by atoms with E-state index in [0.717, 1.165) is 5.33 Å². The Labute approximate surface area is 106 Å². The molecule has 84 valence electrons. The highest BCUT2D eigenvalue weighted by Gasteiger charge is 2.36. The van der Waals surface area contributed by atoms with Gasteiger partial charge in [0.2, 0.25) is 10.0 Å². The Hall–Kier alpha value is 0.380. The summed E-state index contributed by atoms with van der Waals surface area (Å²) in [5.41, 5.74) is 0. The van der Waals surface area contributed by atoms with Crippen LogP contribution < -0.4 is 0 Å². The van der Waals surface area contributed by atoms with Gasteiger partial charge in [0.15, 0.2) is 0 Å². The van der Waals surface area contributed by atoms with E-state index in [-0.39, 0.29) is 0 Å². The van der Waals surface area contributed by atoms with Gasteiger partial charge < -0.3 is 0 Å². The number of thiophene rings is 1. The van der Waals surface area contributed by atoms with Gasteiger partial charge in [0, 0.05) is 23.8 Å². The van der Waals surface area contributed by atoms with Gasteiger partial charge in [-0.2, -0.15) is 4.31 Å². The van der Waals surface area contributed by atoms with Crippen LogP contribution in [-0.2, 0) is 10.0 Å². The van der Waals surface area contributed by atoms with Gasteiger partial charge in [0.05, 0.1) is 9.23 Å². The van der Waals surface area contributed by atoms with Crippen molar-refractivity contribution in [2.24, 2.45) is 5.92 Å². The summed E-state index contributed by atoms with van der Waals surface area (Å²) in [5.74, 6) is 0.439. The van der Waals surface area contributed by atoms with Crippen LogP contribution in [0.2, 0.25) is 4.34 Å². The van der Waals surface area contributed by atoms with Gasteiger partial charge in [-0.05, 0) is 12.0 Å². The highest BCUT2D eigenvalue weighted by Crippen LogP contribution is 2.30. The molecule has 1 aromatic rings. The zero-order valence-corrected chi connectivity index (χ0v) is 11.7. The fourth-order valence-corrected chi connectivity index (χ4v) is 4.70. The summed E-state index contributed by atoms with van der Waals surface area (Å²) in [6, 6.07) is 1.50. The molecule has 0 spiro atoms. The van der Waals surface area contributed by atoms with E-state index in [1.807, 2.05) is 0 Å². The second-order valence-corrected chi connectivity index (χ2v) is 7.56. The lowest BCUT2D eigenvalue weighted by molar-refractivity contribution is 0.223. The summed E-state index contributed by atoms with van der Waals surface area (Å²) < 4.78 is 25.9. The van der Waals surface area contributed by atoms with Crippen LogP contribution in [0.25, 0.3) is 0 Å². The van der Waals surface area contributed by atoms with Gasteiger partial charge >= 0.3 is 0 Å². The number of nitrogens with zero attached hydrogens (tertiary/aromatic N) is 1. The summed E-state index contributed by atoms with van der Waals surface area (Å²) in [6.45, 7) is 1.20. The van der Waals surface area contributed by atoms with Gasteiger partial charge in [-0.1, -0.05) is 27.5 Å². The Bertz CT molecular complexity index is 453. The van der Waals surface area contributed by atoms with Crippen LogP contribution in [0.4, 0.5) is 0 Å². The maximum absolute atomic E-state index is 11.9. The first-order valence-corrected chi connectivity index (χ1v) is 8.16. The van der Waals surface area contributed by atoms with Crippen LogP contribution in [0.1, 0.15) is 0 Å². The summed E-state index contributed by atoms with van der Waals surface area (Å²) >= 11 is 10.3. The Balaban J connectivity index is 2.15. The lowest BCUT2D eigenvalue weighted by atomic mass is 10.1. The fourth-order valence-electron chi connectivity index (χ4n) is 1.39. The molecule has 0 aliphatic carbocycles. The van der Waals surface area contributed by atoms with E-state index in [1.165, 1.54) is 21.7 Å². The molecule has 7 heteroatoms. The summed E-state index contributed by atoms with van der Waals surface area (Å²) in [5, 5.41) is 2.43. The molecule has 0 bridgehead atoms. The molecule has 0 radical (unpaired) electrons. The average molecular weight is 331 g/mol. The Morgan fingerprint density at radius 1 is 1.60 bits per heavy atom. The molecule has 0 N–H and O–H groups in total. The van der Waals surface area contributed by atoms with E-state index in [9.17, 15) is 8.42 Å². The molecular weight excluding hydrogens is 322 g/mol. The van der Waals surface area contributed by atoms with Gasteiger partial charge in [-0.3, -0.25) is 0 Å². The molecule has 1 aromatic heterocycles. The molecule has 2 rings (SSSR count).